The number of hydrogen-bond donors (Lipinski definition) is 2. The standard InChI is InChI=1S/C15H14ClN3O/c1-20-14(9-5-3-2-4-6-9)15-18-12-8-10(16)7-11(17)13(12)19-15/h2-8,14H,17H2,1H3,(H,18,19). The zero-order valence-corrected chi connectivity index (χ0v) is 11.7. The maximum Gasteiger partial charge on any atom is 0.141 e. The van der Waals surface area contributed by atoms with Gasteiger partial charge in [-0.15, -0.1) is 0 Å². The van der Waals surface area contributed by atoms with Gasteiger partial charge >= 0.3 is 0 Å². The third-order valence-electron chi connectivity index (χ3n) is 3.19. The molecule has 0 radical (unpaired) electrons. The van der Waals surface area contributed by atoms with Crippen LogP contribution in [0.3, 0.4) is 0 Å². The molecule has 1 aromatic heterocycles. The van der Waals surface area contributed by atoms with Crippen LogP contribution in [0.1, 0.15) is 17.5 Å². The number of nitrogens with two attached hydrogens (primary N) is 1. The molecule has 0 saturated carbocycles. The number of rotatable bonds is 3. The van der Waals surface area contributed by atoms with Gasteiger partial charge in [0.2, 0.25) is 0 Å². The molecule has 0 aliphatic rings. The van der Waals surface area contributed by atoms with Crippen LogP contribution in [0.25, 0.3) is 11.0 Å². The predicted octanol–water partition coefficient (Wildman–Crippen LogP) is 3.53. The van der Waals surface area contributed by atoms with E-state index in [1.165, 1.54) is 0 Å². The molecule has 1 unspecified atom stereocenters. The van der Waals surface area contributed by atoms with Crippen molar-refractivity contribution in [3.63, 3.8) is 0 Å². The van der Waals surface area contributed by atoms with E-state index in [1.807, 2.05) is 36.4 Å². The van der Waals surface area contributed by atoms with Crippen molar-refractivity contribution >= 4 is 28.3 Å². The maximum atomic E-state index is 6.00. The summed E-state index contributed by atoms with van der Waals surface area (Å²) in [7, 11) is 1.65. The Labute approximate surface area is 121 Å². The monoisotopic (exact) mass is 287 g/mol. The molecule has 0 spiro atoms. The van der Waals surface area contributed by atoms with Crippen LogP contribution in [0.15, 0.2) is 42.5 Å². The van der Waals surface area contributed by atoms with E-state index in [-0.39, 0.29) is 6.10 Å². The summed E-state index contributed by atoms with van der Waals surface area (Å²) in [6, 6.07) is 13.4. The molecule has 1 heterocycles. The minimum absolute atomic E-state index is 0.262. The van der Waals surface area contributed by atoms with Crippen LogP contribution in [-0.2, 0) is 4.74 Å². The number of halogens is 1. The number of nitrogens with zero attached hydrogens (tertiary/aromatic N) is 1. The third-order valence-corrected chi connectivity index (χ3v) is 3.40. The Bertz CT molecular complexity index is 739. The first-order valence-corrected chi connectivity index (χ1v) is 6.59. The van der Waals surface area contributed by atoms with E-state index in [4.69, 9.17) is 22.1 Å². The number of benzene rings is 2. The number of fused-ring (bicyclic) bond motifs is 1. The van der Waals surface area contributed by atoms with Crippen LogP contribution in [0.4, 0.5) is 5.69 Å². The lowest BCUT2D eigenvalue weighted by Crippen LogP contribution is -2.05. The van der Waals surface area contributed by atoms with Gasteiger partial charge < -0.3 is 15.5 Å². The second-order valence-corrected chi connectivity index (χ2v) is 4.98. The van der Waals surface area contributed by atoms with Crippen molar-refractivity contribution in [1.82, 2.24) is 9.97 Å². The molecule has 0 amide bonds. The first kappa shape index (κ1) is 13.0. The van der Waals surface area contributed by atoms with Crippen LogP contribution < -0.4 is 5.73 Å². The summed E-state index contributed by atoms with van der Waals surface area (Å²) >= 11 is 6.00. The number of hydrogen-bond acceptors (Lipinski definition) is 3. The molecule has 0 bridgehead atoms. The Morgan fingerprint density at radius 2 is 2.00 bits per heavy atom. The van der Waals surface area contributed by atoms with Crippen molar-refractivity contribution in [2.45, 2.75) is 6.10 Å². The highest BCUT2D eigenvalue weighted by Crippen LogP contribution is 2.29. The minimum atomic E-state index is -0.262. The summed E-state index contributed by atoms with van der Waals surface area (Å²) < 4.78 is 5.55. The number of nitrogens with one attached hydrogen (secondary N) is 1. The Balaban J connectivity index is 2.11. The largest absolute Gasteiger partial charge is 0.397 e. The highest BCUT2D eigenvalue weighted by molar-refractivity contribution is 6.31. The van der Waals surface area contributed by atoms with E-state index in [2.05, 4.69) is 9.97 Å². The van der Waals surface area contributed by atoms with Crippen molar-refractivity contribution < 1.29 is 4.74 Å². The van der Waals surface area contributed by atoms with Gasteiger partial charge in [-0.05, 0) is 17.7 Å². The van der Waals surface area contributed by atoms with Crippen molar-refractivity contribution in [3.05, 3.63) is 58.9 Å². The van der Waals surface area contributed by atoms with Crippen molar-refractivity contribution in [3.8, 4) is 0 Å². The average Bonchev–Trinajstić information content (AvgIpc) is 2.84. The van der Waals surface area contributed by atoms with Gasteiger partial charge in [0.05, 0.1) is 11.2 Å². The number of anilines is 1. The van der Waals surface area contributed by atoms with Gasteiger partial charge in [-0.1, -0.05) is 41.9 Å². The smallest absolute Gasteiger partial charge is 0.141 e. The lowest BCUT2D eigenvalue weighted by molar-refractivity contribution is 0.130. The SMILES string of the molecule is COC(c1ccccc1)c1nc2c(N)cc(Cl)cc2[nH]1. The van der Waals surface area contributed by atoms with Gasteiger partial charge in [0, 0.05) is 12.1 Å². The highest BCUT2D eigenvalue weighted by atomic mass is 35.5. The molecular formula is C15H14ClN3O. The van der Waals surface area contributed by atoms with Gasteiger partial charge in [0.15, 0.2) is 0 Å². The zero-order valence-electron chi connectivity index (χ0n) is 10.9. The van der Waals surface area contributed by atoms with Crippen molar-refractivity contribution in [2.24, 2.45) is 0 Å². The molecule has 5 heteroatoms. The molecule has 1 atom stereocenters. The fraction of sp³-hybridized carbons (Fsp3) is 0.133. The molecule has 102 valence electrons. The van der Waals surface area contributed by atoms with E-state index < -0.39 is 0 Å². The Kier molecular flexibility index (Phi) is 3.34. The summed E-state index contributed by atoms with van der Waals surface area (Å²) in [6.45, 7) is 0. The second-order valence-electron chi connectivity index (χ2n) is 4.54. The summed E-state index contributed by atoms with van der Waals surface area (Å²) in [6.07, 6.45) is -0.262. The molecule has 20 heavy (non-hydrogen) atoms. The zero-order chi connectivity index (χ0) is 14.1. The molecule has 3 rings (SSSR count). The maximum absolute atomic E-state index is 6.00. The fourth-order valence-corrected chi connectivity index (χ4v) is 2.51. The minimum Gasteiger partial charge on any atom is -0.397 e. The summed E-state index contributed by atoms with van der Waals surface area (Å²) in [5.41, 5.74) is 9.04. The van der Waals surface area contributed by atoms with Gasteiger partial charge in [0.1, 0.15) is 17.4 Å². The number of aromatic nitrogens is 2. The summed E-state index contributed by atoms with van der Waals surface area (Å²) in [4.78, 5) is 7.76. The fourth-order valence-electron chi connectivity index (χ4n) is 2.28. The number of ether oxygens (including phenoxy) is 1. The molecule has 2 aromatic carbocycles. The molecule has 3 N–H and O–H groups in total. The lowest BCUT2D eigenvalue weighted by atomic mass is 10.1. The van der Waals surface area contributed by atoms with E-state index in [1.54, 1.807) is 13.2 Å². The Morgan fingerprint density at radius 1 is 1.25 bits per heavy atom. The quantitative estimate of drug-likeness (QED) is 0.724. The Hall–Kier alpha value is -2.04. The van der Waals surface area contributed by atoms with Crippen LogP contribution >= 0.6 is 11.6 Å². The first-order valence-electron chi connectivity index (χ1n) is 6.21. The molecule has 0 saturated heterocycles. The third kappa shape index (κ3) is 2.24. The van der Waals surface area contributed by atoms with Crippen LogP contribution in [0, 0.1) is 0 Å². The molecule has 0 fully saturated rings. The number of nitrogen functional groups attached to an aromatic ring is 1. The van der Waals surface area contributed by atoms with Gasteiger partial charge in [-0.25, -0.2) is 4.98 Å². The number of H-pyrrole nitrogens is 1. The topological polar surface area (TPSA) is 63.9 Å². The number of aromatic amines is 1. The molecule has 3 aromatic rings. The van der Waals surface area contributed by atoms with Crippen LogP contribution in [0.2, 0.25) is 5.02 Å². The first-order chi connectivity index (χ1) is 9.69. The number of methoxy groups -OCH3 is 1. The molecule has 0 aliphatic carbocycles. The van der Waals surface area contributed by atoms with E-state index >= 15 is 0 Å². The van der Waals surface area contributed by atoms with Gasteiger partial charge in [-0.3, -0.25) is 0 Å². The summed E-state index contributed by atoms with van der Waals surface area (Å²) in [5.74, 6) is 0.711. The normalized spacial score (nSPS) is 12.7. The van der Waals surface area contributed by atoms with Crippen LogP contribution in [0.5, 0.6) is 0 Å². The van der Waals surface area contributed by atoms with Crippen LogP contribution in [-0.4, -0.2) is 17.1 Å². The van der Waals surface area contributed by atoms with Gasteiger partial charge in [-0.2, -0.15) is 0 Å². The van der Waals surface area contributed by atoms with E-state index in [9.17, 15) is 0 Å². The molecular weight excluding hydrogens is 274 g/mol. The molecule has 4 nitrogen and oxygen atoms in total. The second kappa shape index (κ2) is 5.15. The van der Waals surface area contributed by atoms with E-state index in [0.29, 0.717) is 22.1 Å². The van der Waals surface area contributed by atoms with Crippen molar-refractivity contribution in [2.75, 3.05) is 12.8 Å². The van der Waals surface area contributed by atoms with E-state index in [0.717, 1.165) is 11.1 Å². The number of imidazole rings is 1. The Morgan fingerprint density at radius 3 is 2.70 bits per heavy atom. The van der Waals surface area contributed by atoms with Crippen molar-refractivity contribution in [1.29, 1.82) is 0 Å². The lowest BCUT2D eigenvalue weighted by Gasteiger charge is -2.12. The highest BCUT2D eigenvalue weighted by Gasteiger charge is 2.18. The summed E-state index contributed by atoms with van der Waals surface area (Å²) in [5, 5.41) is 0.582. The van der Waals surface area contributed by atoms with Gasteiger partial charge in [0.25, 0.3) is 0 Å². The average molecular weight is 288 g/mol. The predicted molar refractivity (Wildman–Crippen MR) is 80.8 cm³/mol. The molecule has 0 aliphatic heterocycles.